The summed E-state index contributed by atoms with van der Waals surface area (Å²) in [5, 5.41) is 3.10. The smallest absolute Gasteiger partial charge is 0.257 e. The molecule has 1 aliphatic heterocycles. The molecule has 0 bridgehead atoms. The van der Waals surface area contributed by atoms with Crippen LogP contribution in [0.2, 0.25) is 0 Å². The molecule has 0 spiro atoms. The van der Waals surface area contributed by atoms with Crippen molar-refractivity contribution in [2.75, 3.05) is 22.5 Å². The Morgan fingerprint density at radius 2 is 1.88 bits per heavy atom. The molecule has 2 aromatic carbocycles. The SMILES string of the molecule is Cc1cc(Br)cc(C)c1NC(=O)c1cc(N)ccc1N1CCCC[C@@H]1C. The molecule has 0 saturated carbocycles. The van der Waals surface area contributed by atoms with Gasteiger partial charge in [0.25, 0.3) is 5.91 Å². The maximum Gasteiger partial charge on any atom is 0.257 e. The number of aryl methyl sites for hydroxylation is 2. The number of nitrogen functional groups attached to an aromatic ring is 1. The van der Waals surface area contributed by atoms with E-state index in [0.29, 0.717) is 17.3 Å². The van der Waals surface area contributed by atoms with E-state index in [9.17, 15) is 4.79 Å². The molecule has 0 unspecified atom stereocenters. The standard InChI is InChI=1S/C21H26BrN3O/c1-13-10-16(22)11-14(2)20(13)24-21(26)18-12-17(23)7-8-19(18)25-9-5-4-6-15(25)3/h7-8,10-12,15H,4-6,9,23H2,1-3H3,(H,24,26)/t15-/m0/s1. The van der Waals surface area contributed by atoms with Crippen LogP contribution in [0.4, 0.5) is 17.1 Å². The summed E-state index contributed by atoms with van der Waals surface area (Å²) in [5.74, 6) is -0.112. The maximum atomic E-state index is 13.1. The minimum Gasteiger partial charge on any atom is -0.399 e. The number of rotatable bonds is 3. The van der Waals surface area contributed by atoms with Crippen LogP contribution in [0.3, 0.4) is 0 Å². The zero-order chi connectivity index (χ0) is 18.8. The average molecular weight is 416 g/mol. The van der Waals surface area contributed by atoms with Crippen LogP contribution >= 0.6 is 15.9 Å². The molecule has 1 amide bonds. The van der Waals surface area contributed by atoms with Gasteiger partial charge in [0.15, 0.2) is 0 Å². The fourth-order valence-corrected chi connectivity index (χ4v) is 4.42. The van der Waals surface area contributed by atoms with E-state index in [-0.39, 0.29) is 5.91 Å². The molecule has 2 aromatic rings. The normalized spacial score (nSPS) is 17.2. The van der Waals surface area contributed by atoms with Crippen molar-refractivity contribution < 1.29 is 4.79 Å². The third-order valence-electron chi connectivity index (χ3n) is 5.11. The lowest BCUT2D eigenvalue weighted by Crippen LogP contribution is -2.38. The van der Waals surface area contributed by atoms with Gasteiger partial charge < -0.3 is 16.0 Å². The largest absolute Gasteiger partial charge is 0.399 e. The third-order valence-corrected chi connectivity index (χ3v) is 5.57. The number of nitrogens with one attached hydrogen (secondary N) is 1. The summed E-state index contributed by atoms with van der Waals surface area (Å²) in [4.78, 5) is 15.5. The third kappa shape index (κ3) is 3.88. The first kappa shape index (κ1) is 18.8. The summed E-state index contributed by atoms with van der Waals surface area (Å²) in [7, 11) is 0. The summed E-state index contributed by atoms with van der Waals surface area (Å²) in [6.45, 7) is 7.20. The van der Waals surface area contributed by atoms with Gasteiger partial charge in [0.05, 0.1) is 5.56 Å². The van der Waals surface area contributed by atoms with Crippen molar-refractivity contribution in [2.24, 2.45) is 0 Å². The van der Waals surface area contributed by atoms with Gasteiger partial charge in [-0.2, -0.15) is 0 Å². The zero-order valence-corrected chi connectivity index (χ0v) is 17.2. The van der Waals surface area contributed by atoms with E-state index in [4.69, 9.17) is 5.73 Å². The van der Waals surface area contributed by atoms with Crippen LogP contribution in [-0.4, -0.2) is 18.5 Å². The molecule has 4 nitrogen and oxygen atoms in total. The van der Waals surface area contributed by atoms with Crippen molar-refractivity contribution >= 4 is 38.9 Å². The summed E-state index contributed by atoms with van der Waals surface area (Å²) >= 11 is 3.50. The quantitative estimate of drug-likeness (QED) is 0.670. The molecule has 138 valence electrons. The Bertz CT molecular complexity index is 811. The first-order valence-corrected chi connectivity index (χ1v) is 9.90. The molecule has 1 heterocycles. The fourth-order valence-electron chi connectivity index (χ4n) is 3.73. The highest BCUT2D eigenvalue weighted by Crippen LogP contribution is 2.31. The second kappa shape index (κ2) is 7.70. The van der Waals surface area contributed by atoms with E-state index >= 15 is 0 Å². The predicted octanol–water partition coefficient (Wildman–Crippen LogP) is 5.28. The predicted molar refractivity (Wildman–Crippen MR) is 113 cm³/mol. The molecule has 26 heavy (non-hydrogen) atoms. The van der Waals surface area contributed by atoms with Gasteiger partial charge in [-0.25, -0.2) is 0 Å². The Kier molecular flexibility index (Phi) is 5.56. The monoisotopic (exact) mass is 415 g/mol. The average Bonchev–Trinajstić information content (AvgIpc) is 2.58. The lowest BCUT2D eigenvalue weighted by molar-refractivity contribution is 0.102. The molecule has 1 aliphatic rings. The van der Waals surface area contributed by atoms with Crippen molar-refractivity contribution in [3.63, 3.8) is 0 Å². The molecular formula is C21H26BrN3O. The van der Waals surface area contributed by atoms with E-state index in [1.54, 1.807) is 6.07 Å². The van der Waals surface area contributed by atoms with Crippen LogP contribution in [0.5, 0.6) is 0 Å². The number of halogens is 1. The Morgan fingerprint density at radius 3 is 2.54 bits per heavy atom. The second-order valence-electron chi connectivity index (χ2n) is 7.18. The zero-order valence-electron chi connectivity index (χ0n) is 15.6. The van der Waals surface area contributed by atoms with Gasteiger partial charge in [-0.1, -0.05) is 15.9 Å². The summed E-state index contributed by atoms with van der Waals surface area (Å²) < 4.78 is 1.01. The van der Waals surface area contributed by atoms with Crippen LogP contribution < -0.4 is 16.0 Å². The number of nitrogens with two attached hydrogens (primary N) is 1. The number of carbonyl (C=O) groups is 1. The molecule has 0 aliphatic carbocycles. The van der Waals surface area contributed by atoms with Crippen LogP contribution in [0.25, 0.3) is 0 Å². The minimum atomic E-state index is -0.112. The van der Waals surface area contributed by atoms with Gasteiger partial charge in [-0.05, 0) is 81.5 Å². The van der Waals surface area contributed by atoms with Gasteiger partial charge in [0.1, 0.15) is 0 Å². The molecule has 1 saturated heterocycles. The first-order chi connectivity index (χ1) is 12.4. The molecule has 3 rings (SSSR count). The van der Waals surface area contributed by atoms with Crippen LogP contribution in [0.15, 0.2) is 34.8 Å². The van der Waals surface area contributed by atoms with E-state index in [2.05, 4.69) is 33.1 Å². The molecule has 0 aromatic heterocycles. The topological polar surface area (TPSA) is 58.4 Å². The van der Waals surface area contributed by atoms with Crippen molar-refractivity contribution in [1.29, 1.82) is 0 Å². The van der Waals surface area contributed by atoms with Crippen molar-refractivity contribution in [3.8, 4) is 0 Å². The van der Waals surface area contributed by atoms with Crippen molar-refractivity contribution in [3.05, 3.63) is 51.5 Å². The van der Waals surface area contributed by atoms with E-state index in [0.717, 1.165) is 46.4 Å². The Labute approximate surface area is 163 Å². The minimum absolute atomic E-state index is 0.112. The molecule has 1 fully saturated rings. The van der Waals surface area contributed by atoms with Crippen molar-refractivity contribution in [2.45, 2.75) is 46.1 Å². The van der Waals surface area contributed by atoms with Crippen LogP contribution in [0.1, 0.15) is 47.7 Å². The molecule has 3 N–H and O–H groups in total. The number of hydrogen-bond donors (Lipinski definition) is 2. The summed E-state index contributed by atoms with van der Waals surface area (Å²) in [5.41, 5.74) is 11.1. The maximum absolute atomic E-state index is 13.1. The van der Waals surface area contributed by atoms with Gasteiger partial charge in [0, 0.05) is 34.1 Å². The number of piperidine rings is 1. The highest BCUT2D eigenvalue weighted by atomic mass is 79.9. The molecule has 1 atom stereocenters. The van der Waals surface area contributed by atoms with Crippen LogP contribution in [-0.2, 0) is 0 Å². The molecule has 0 radical (unpaired) electrons. The lowest BCUT2D eigenvalue weighted by atomic mass is 10.00. The van der Waals surface area contributed by atoms with Gasteiger partial charge in [0.2, 0.25) is 0 Å². The fraction of sp³-hybridized carbons (Fsp3) is 0.381. The highest BCUT2D eigenvalue weighted by molar-refractivity contribution is 9.10. The van der Waals surface area contributed by atoms with Crippen molar-refractivity contribution in [1.82, 2.24) is 0 Å². The van der Waals surface area contributed by atoms with E-state index in [1.165, 1.54) is 6.42 Å². The summed E-state index contributed by atoms with van der Waals surface area (Å²) in [6, 6.07) is 10.1. The molecule has 5 heteroatoms. The first-order valence-electron chi connectivity index (χ1n) is 9.11. The number of anilines is 3. The summed E-state index contributed by atoms with van der Waals surface area (Å²) in [6.07, 6.45) is 3.54. The van der Waals surface area contributed by atoms with E-state index < -0.39 is 0 Å². The van der Waals surface area contributed by atoms with Gasteiger partial charge >= 0.3 is 0 Å². The second-order valence-corrected chi connectivity index (χ2v) is 8.10. The lowest BCUT2D eigenvalue weighted by Gasteiger charge is -2.36. The van der Waals surface area contributed by atoms with Crippen LogP contribution in [0, 0.1) is 13.8 Å². The highest BCUT2D eigenvalue weighted by Gasteiger charge is 2.24. The Morgan fingerprint density at radius 1 is 1.19 bits per heavy atom. The van der Waals surface area contributed by atoms with E-state index in [1.807, 2.05) is 38.1 Å². The number of amides is 1. The molecular weight excluding hydrogens is 390 g/mol. The number of carbonyl (C=O) groups excluding carboxylic acids is 1. The Hall–Kier alpha value is -2.01. The number of nitrogens with zero attached hydrogens (tertiary/aromatic N) is 1. The van der Waals surface area contributed by atoms with Gasteiger partial charge in [-0.15, -0.1) is 0 Å². The van der Waals surface area contributed by atoms with Gasteiger partial charge in [-0.3, -0.25) is 4.79 Å². The Balaban J connectivity index is 1.96. The number of hydrogen-bond acceptors (Lipinski definition) is 3. The number of benzene rings is 2.